The molecule has 168 valence electrons. The number of rotatable bonds is 12. The molecule has 0 N–H and O–H groups in total. The normalized spacial score (nSPS) is 22.1. The van der Waals surface area contributed by atoms with E-state index in [0.717, 1.165) is 44.6 Å². The van der Waals surface area contributed by atoms with Gasteiger partial charge in [0, 0.05) is 6.61 Å². The lowest BCUT2D eigenvalue weighted by Gasteiger charge is -2.44. The lowest BCUT2D eigenvalue weighted by molar-refractivity contribution is -0.133. The van der Waals surface area contributed by atoms with Gasteiger partial charge in [-0.2, -0.15) is 0 Å². The van der Waals surface area contributed by atoms with E-state index >= 15 is 0 Å². The second kappa shape index (κ2) is 11.3. The van der Waals surface area contributed by atoms with E-state index < -0.39 is 0 Å². The van der Waals surface area contributed by atoms with Gasteiger partial charge in [-0.3, -0.25) is 0 Å². The van der Waals surface area contributed by atoms with Gasteiger partial charge in [0.05, 0.1) is 17.8 Å². The van der Waals surface area contributed by atoms with Gasteiger partial charge in [0.25, 0.3) is 0 Å². The van der Waals surface area contributed by atoms with Gasteiger partial charge in [0.1, 0.15) is 0 Å². The van der Waals surface area contributed by atoms with Crippen LogP contribution in [0, 0.1) is 16.7 Å². The van der Waals surface area contributed by atoms with Crippen molar-refractivity contribution in [2.24, 2.45) is 16.7 Å². The first-order valence-electron chi connectivity index (χ1n) is 12.3. The highest BCUT2D eigenvalue weighted by molar-refractivity contribution is 4.88. The zero-order chi connectivity index (χ0) is 21.4. The van der Waals surface area contributed by atoms with Crippen molar-refractivity contribution in [3.05, 3.63) is 0 Å². The van der Waals surface area contributed by atoms with E-state index in [1.807, 2.05) is 0 Å². The largest absolute Gasteiger partial charge is 0.378 e. The molecule has 1 fully saturated rings. The first kappa shape index (κ1) is 26.0. The molecule has 0 aromatic rings. The van der Waals surface area contributed by atoms with Crippen LogP contribution in [0.25, 0.3) is 0 Å². The Labute approximate surface area is 177 Å². The first-order chi connectivity index (χ1) is 13.0. The van der Waals surface area contributed by atoms with Crippen molar-refractivity contribution in [1.29, 1.82) is 0 Å². The standard InChI is InChI=1S/C26H52O2/c1-10-22(11-2)27-19-18-26(12-3,13-4)28-23-16-14-21(15-17-23)25(8,9)20-24(5,6)7/h21-23H,10-20H2,1-9H3. The molecule has 2 nitrogen and oxygen atoms in total. The van der Waals surface area contributed by atoms with E-state index in [9.17, 15) is 0 Å². The Morgan fingerprint density at radius 1 is 0.821 bits per heavy atom. The summed E-state index contributed by atoms with van der Waals surface area (Å²) in [5.74, 6) is 0.836. The summed E-state index contributed by atoms with van der Waals surface area (Å²) in [5.41, 5.74) is 0.842. The van der Waals surface area contributed by atoms with Gasteiger partial charge in [-0.25, -0.2) is 0 Å². The van der Waals surface area contributed by atoms with Gasteiger partial charge >= 0.3 is 0 Å². The SMILES string of the molecule is CCC(CC)OCCC(CC)(CC)OC1CCC(C(C)(C)CC(C)(C)C)CC1. The minimum Gasteiger partial charge on any atom is -0.378 e. The third kappa shape index (κ3) is 8.34. The molecule has 0 radical (unpaired) electrons. The zero-order valence-corrected chi connectivity index (χ0v) is 20.8. The Bertz CT molecular complexity index is 405. The van der Waals surface area contributed by atoms with E-state index in [0.29, 0.717) is 23.0 Å². The maximum Gasteiger partial charge on any atom is 0.0703 e. The van der Waals surface area contributed by atoms with Crippen LogP contribution in [0.1, 0.15) is 127 Å². The summed E-state index contributed by atoms with van der Waals surface area (Å²) in [6, 6.07) is 0. The smallest absolute Gasteiger partial charge is 0.0703 e. The average Bonchev–Trinajstić information content (AvgIpc) is 2.63. The highest BCUT2D eigenvalue weighted by atomic mass is 16.5. The molecular formula is C26H52O2. The van der Waals surface area contributed by atoms with Crippen LogP contribution < -0.4 is 0 Å². The summed E-state index contributed by atoms with van der Waals surface area (Å²) in [5, 5.41) is 0. The van der Waals surface area contributed by atoms with Crippen molar-refractivity contribution in [3.63, 3.8) is 0 Å². The molecule has 0 aromatic carbocycles. The highest BCUT2D eigenvalue weighted by Crippen LogP contribution is 2.46. The van der Waals surface area contributed by atoms with E-state index in [1.54, 1.807) is 0 Å². The maximum atomic E-state index is 6.81. The van der Waals surface area contributed by atoms with Gasteiger partial charge in [0.2, 0.25) is 0 Å². The molecule has 0 heterocycles. The molecule has 0 aromatic heterocycles. The Morgan fingerprint density at radius 3 is 1.79 bits per heavy atom. The predicted octanol–water partition coefficient (Wildman–Crippen LogP) is 8.18. The van der Waals surface area contributed by atoms with Crippen LogP contribution in [-0.4, -0.2) is 24.4 Å². The van der Waals surface area contributed by atoms with Crippen LogP contribution >= 0.6 is 0 Å². The monoisotopic (exact) mass is 396 g/mol. The number of hydrogen-bond acceptors (Lipinski definition) is 2. The molecule has 2 heteroatoms. The van der Waals surface area contributed by atoms with Crippen LogP contribution in [-0.2, 0) is 9.47 Å². The van der Waals surface area contributed by atoms with Crippen molar-refractivity contribution in [3.8, 4) is 0 Å². The zero-order valence-electron chi connectivity index (χ0n) is 20.8. The van der Waals surface area contributed by atoms with Crippen molar-refractivity contribution in [1.82, 2.24) is 0 Å². The first-order valence-corrected chi connectivity index (χ1v) is 12.3. The Hall–Kier alpha value is -0.0800. The van der Waals surface area contributed by atoms with Crippen LogP contribution in [0.15, 0.2) is 0 Å². The number of hydrogen-bond donors (Lipinski definition) is 0. The van der Waals surface area contributed by atoms with Crippen LogP contribution in [0.3, 0.4) is 0 Å². The molecule has 0 amide bonds. The lowest BCUT2D eigenvalue weighted by atomic mass is 9.64. The quantitative estimate of drug-likeness (QED) is 0.331. The maximum absolute atomic E-state index is 6.81. The third-order valence-corrected chi connectivity index (χ3v) is 7.29. The summed E-state index contributed by atoms with van der Waals surface area (Å²) < 4.78 is 12.9. The molecule has 1 saturated carbocycles. The van der Waals surface area contributed by atoms with Crippen molar-refractivity contribution >= 4 is 0 Å². The van der Waals surface area contributed by atoms with E-state index in [4.69, 9.17) is 9.47 Å². The molecule has 0 aliphatic heterocycles. The average molecular weight is 397 g/mol. The molecule has 28 heavy (non-hydrogen) atoms. The fraction of sp³-hybridized carbons (Fsp3) is 1.00. The van der Waals surface area contributed by atoms with Crippen molar-refractivity contribution < 1.29 is 9.47 Å². The summed E-state index contributed by atoms with van der Waals surface area (Å²) in [6.45, 7) is 22.0. The lowest BCUT2D eigenvalue weighted by Crippen LogP contribution is -2.40. The molecule has 1 aliphatic carbocycles. The summed E-state index contributed by atoms with van der Waals surface area (Å²) in [7, 11) is 0. The van der Waals surface area contributed by atoms with Crippen molar-refractivity contribution in [2.45, 2.75) is 144 Å². The Morgan fingerprint density at radius 2 is 1.36 bits per heavy atom. The second-order valence-corrected chi connectivity index (χ2v) is 11.3. The fourth-order valence-electron chi connectivity index (χ4n) is 5.59. The summed E-state index contributed by atoms with van der Waals surface area (Å²) in [6.07, 6.45) is 12.7. The van der Waals surface area contributed by atoms with Gasteiger partial charge in [-0.15, -0.1) is 0 Å². The molecular weight excluding hydrogens is 344 g/mol. The topological polar surface area (TPSA) is 18.5 Å². The van der Waals surface area contributed by atoms with Gasteiger partial charge in [-0.05, 0) is 81.0 Å². The van der Waals surface area contributed by atoms with Gasteiger partial charge in [-0.1, -0.05) is 62.3 Å². The molecule has 0 atom stereocenters. The van der Waals surface area contributed by atoms with Crippen LogP contribution in [0.5, 0.6) is 0 Å². The predicted molar refractivity (Wildman–Crippen MR) is 123 cm³/mol. The minimum absolute atomic E-state index is 0.00443. The molecule has 1 rings (SSSR count). The van der Waals surface area contributed by atoms with Crippen LogP contribution in [0.4, 0.5) is 0 Å². The van der Waals surface area contributed by atoms with Crippen LogP contribution in [0.2, 0.25) is 0 Å². The summed E-state index contributed by atoms with van der Waals surface area (Å²) >= 11 is 0. The van der Waals surface area contributed by atoms with E-state index in [1.165, 1.54) is 32.1 Å². The molecule has 1 aliphatic rings. The van der Waals surface area contributed by atoms with Gasteiger partial charge in [0.15, 0.2) is 0 Å². The highest BCUT2D eigenvalue weighted by Gasteiger charge is 2.38. The van der Waals surface area contributed by atoms with Crippen molar-refractivity contribution in [2.75, 3.05) is 6.61 Å². The third-order valence-electron chi connectivity index (χ3n) is 7.29. The molecule has 0 spiro atoms. The second-order valence-electron chi connectivity index (χ2n) is 11.3. The van der Waals surface area contributed by atoms with E-state index in [-0.39, 0.29) is 5.60 Å². The van der Waals surface area contributed by atoms with E-state index in [2.05, 4.69) is 62.3 Å². The fourth-order valence-corrected chi connectivity index (χ4v) is 5.59. The Kier molecular flexibility index (Phi) is 10.5. The Balaban J connectivity index is 2.57. The molecule has 0 bridgehead atoms. The molecule has 0 saturated heterocycles. The molecule has 0 unspecified atom stereocenters. The number of ether oxygens (including phenoxy) is 2. The summed E-state index contributed by atoms with van der Waals surface area (Å²) in [4.78, 5) is 0. The van der Waals surface area contributed by atoms with Gasteiger partial charge < -0.3 is 9.47 Å². The minimum atomic E-state index is 0.00443.